The van der Waals surface area contributed by atoms with Crippen LogP contribution in [0.5, 0.6) is 0 Å². The number of hydrogen-bond acceptors (Lipinski definition) is 6. The molecule has 0 radical (unpaired) electrons. The highest BCUT2D eigenvalue weighted by Crippen LogP contribution is 2.29. The molecule has 0 aliphatic heterocycles. The number of thioether (sulfide) groups is 2. The Morgan fingerprint density at radius 1 is 1.00 bits per heavy atom. The molecule has 160 valence electrons. The number of esters is 1. The van der Waals surface area contributed by atoms with Gasteiger partial charge in [-0.3, -0.25) is 5.32 Å². The molecule has 0 aliphatic carbocycles. The Morgan fingerprint density at radius 2 is 1.60 bits per heavy atom. The van der Waals surface area contributed by atoms with Gasteiger partial charge in [-0.1, -0.05) is 43.0 Å². The maximum atomic E-state index is 12.4. The maximum Gasteiger partial charge on any atom is 0.410 e. The zero-order valence-electron chi connectivity index (χ0n) is 17.2. The summed E-state index contributed by atoms with van der Waals surface area (Å²) in [5, 5.41) is 2.58. The number of amides is 1. The van der Waals surface area contributed by atoms with Crippen LogP contribution in [0.15, 0.2) is 83.1 Å². The van der Waals surface area contributed by atoms with Gasteiger partial charge in [-0.2, -0.15) is 0 Å². The molecule has 0 saturated carbocycles. The fraction of sp³-hybridized carbons (Fsp3) is 0.304. The summed E-state index contributed by atoms with van der Waals surface area (Å²) in [5.74, 6) is 0.203. The number of carbonyl (C=O) groups excluding carboxylic acids is 2. The molecule has 2 aromatic carbocycles. The summed E-state index contributed by atoms with van der Waals surface area (Å²) < 4.78 is 10.7. The van der Waals surface area contributed by atoms with Gasteiger partial charge in [0, 0.05) is 26.9 Å². The quantitative estimate of drug-likeness (QED) is 0.213. The lowest BCUT2D eigenvalue weighted by Crippen LogP contribution is -2.40. The largest absolute Gasteiger partial charge is 0.445 e. The number of carbonyl (C=O) groups is 2. The van der Waals surface area contributed by atoms with E-state index in [1.54, 1.807) is 30.4 Å². The van der Waals surface area contributed by atoms with Gasteiger partial charge in [0.05, 0.1) is 0 Å². The fourth-order valence-electron chi connectivity index (χ4n) is 2.58. The highest BCUT2D eigenvalue weighted by Gasteiger charge is 2.24. The van der Waals surface area contributed by atoms with Crippen molar-refractivity contribution >= 4 is 35.6 Å². The first-order chi connectivity index (χ1) is 14.5. The molecule has 0 aliphatic rings. The Kier molecular flexibility index (Phi) is 10.4. The molecule has 2 aromatic rings. The van der Waals surface area contributed by atoms with Crippen LogP contribution < -0.4 is 5.32 Å². The van der Waals surface area contributed by atoms with Gasteiger partial charge < -0.3 is 9.47 Å². The summed E-state index contributed by atoms with van der Waals surface area (Å²) in [7, 11) is 0. The van der Waals surface area contributed by atoms with Crippen LogP contribution in [-0.4, -0.2) is 35.4 Å². The zero-order valence-corrected chi connectivity index (χ0v) is 18.8. The Morgan fingerprint density at radius 3 is 2.20 bits per heavy atom. The van der Waals surface area contributed by atoms with Crippen molar-refractivity contribution in [2.24, 2.45) is 0 Å². The number of rotatable bonds is 11. The topological polar surface area (TPSA) is 64.6 Å². The fourth-order valence-corrected chi connectivity index (χ4v) is 4.60. The van der Waals surface area contributed by atoms with Crippen molar-refractivity contribution in [2.75, 3.05) is 5.75 Å². The van der Waals surface area contributed by atoms with Crippen LogP contribution in [0.1, 0.15) is 20.3 Å². The lowest BCUT2D eigenvalue weighted by molar-refractivity contribution is -0.143. The lowest BCUT2D eigenvalue weighted by Gasteiger charge is -2.25. The average molecular weight is 446 g/mol. The van der Waals surface area contributed by atoms with Crippen molar-refractivity contribution in [2.45, 2.75) is 47.6 Å². The first kappa shape index (κ1) is 23.9. The Balaban J connectivity index is 1.95. The van der Waals surface area contributed by atoms with Gasteiger partial charge in [-0.25, -0.2) is 9.59 Å². The third kappa shape index (κ3) is 8.97. The van der Waals surface area contributed by atoms with Crippen LogP contribution in [0.3, 0.4) is 0 Å². The van der Waals surface area contributed by atoms with Gasteiger partial charge in [0.2, 0.25) is 0 Å². The normalized spacial score (nSPS) is 13.5. The molecule has 0 fully saturated rings. The summed E-state index contributed by atoms with van der Waals surface area (Å²) in [6.45, 7) is 6.95. The monoisotopic (exact) mass is 445 g/mol. The lowest BCUT2D eigenvalue weighted by atomic mass is 10.2. The van der Waals surface area contributed by atoms with E-state index in [1.807, 2.05) is 55.5 Å². The first-order valence-corrected chi connectivity index (χ1v) is 11.5. The van der Waals surface area contributed by atoms with Crippen LogP contribution >= 0.6 is 23.5 Å². The van der Waals surface area contributed by atoms with Gasteiger partial charge >= 0.3 is 12.1 Å². The van der Waals surface area contributed by atoms with E-state index in [0.717, 1.165) is 16.7 Å². The molecule has 0 aromatic heterocycles. The van der Waals surface area contributed by atoms with Crippen molar-refractivity contribution < 1.29 is 19.1 Å². The Hall–Kier alpha value is -2.38. The third-order valence-electron chi connectivity index (χ3n) is 4.04. The van der Waals surface area contributed by atoms with Crippen molar-refractivity contribution in [3.8, 4) is 0 Å². The second-order valence-corrected chi connectivity index (χ2v) is 9.08. The Bertz CT molecular complexity index is 801. The predicted molar refractivity (Wildman–Crippen MR) is 123 cm³/mol. The molecule has 30 heavy (non-hydrogen) atoms. The van der Waals surface area contributed by atoms with Crippen LogP contribution in [0.2, 0.25) is 0 Å². The van der Waals surface area contributed by atoms with Crippen molar-refractivity contribution in [3.05, 3.63) is 73.3 Å². The highest BCUT2D eigenvalue weighted by molar-refractivity contribution is 8.00. The summed E-state index contributed by atoms with van der Waals surface area (Å²) in [6, 6.07) is 20.1. The average Bonchev–Trinajstić information content (AvgIpc) is 2.74. The minimum atomic E-state index is -0.806. The molecule has 0 bridgehead atoms. The molecule has 5 nitrogen and oxygen atoms in total. The Labute approximate surface area is 186 Å². The number of benzene rings is 2. The van der Waals surface area contributed by atoms with E-state index in [4.69, 9.17) is 9.47 Å². The van der Waals surface area contributed by atoms with E-state index in [1.165, 1.54) is 4.90 Å². The minimum absolute atomic E-state index is 0.0422. The molecular formula is C23H27NO4S2. The number of alkyl carbamates (subject to hydrolysis) is 1. The van der Waals surface area contributed by atoms with Crippen LogP contribution in [0.4, 0.5) is 4.79 Å². The van der Waals surface area contributed by atoms with Gasteiger partial charge in [-0.05, 0) is 44.5 Å². The molecule has 0 heterocycles. The summed E-state index contributed by atoms with van der Waals surface area (Å²) >= 11 is 3.38. The standard InChI is InChI=1S/C23H27NO4S2/c1-4-22(25)27-18(3)24-23(26)28-21(15-16-29-19-11-7-5-8-12-19)17(2)30-20-13-9-6-10-14-20/h4-14,17-18,21H,1,15-16H2,2-3H3,(H,24,26). The van der Waals surface area contributed by atoms with E-state index in [2.05, 4.69) is 24.0 Å². The summed E-state index contributed by atoms with van der Waals surface area (Å²) in [4.78, 5) is 25.9. The van der Waals surface area contributed by atoms with Crippen molar-refractivity contribution in [1.29, 1.82) is 0 Å². The second-order valence-electron chi connectivity index (χ2n) is 6.46. The maximum absolute atomic E-state index is 12.4. The molecule has 2 rings (SSSR count). The van der Waals surface area contributed by atoms with Crippen LogP contribution in [0, 0.1) is 0 Å². The molecule has 1 amide bonds. The summed E-state index contributed by atoms with van der Waals surface area (Å²) in [5.41, 5.74) is 0. The highest BCUT2D eigenvalue weighted by atomic mass is 32.2. The van der Waals surface area contributed by atoms with E-state index in [0.29, 0.717) is 6.42 Å². The number of nitrogens with one attached hydrogen (secondary N) is 1. The van der Waals surface area contributed by atoms with Crippen LogP contribution in [0.25, 0.3) is 0 Å². The minimum Gasteiger partial charge on any atom is -0.445 e. The van der Waals surface area contributed by atoms with E-state index in [-0.39, 0.29) is 11.4 Å². The molecule has 0 saturated heterocycles. The third-order valence-corrected chi connectivity index (χ3v) is 6.31. The molecule has 3 unspecified atom stereocenters. The van der Waals surface area contributed by atoms with Gasteiger partial charge in [0.1, 0.15) is 6.10 Å². The first-order valence-electron chi connectivity index (χ1n) is 9.67. The van der Waals surface area contributed by atoms with Gasteiger partial charge in [0.25, 0.3) is 0 Å². The molecule has 7 heteroatoms. The van der Waals surface area contributed by atoms with Crippen molar-refractivity contribution in [1.82, 2.24) is 5.32 Å². The van der Waals surface area contributed by atoms with Gasteiger partial charge in [0.15, 0.2) is 6.23 Å². The predicted octanol–water partition coefficient (Wildman–Crippen LogP) is 5.52. The molecular weight excluding hydrogens is 418 g/mol. The van der Waals surface area contributed by atoms with E-state index < -0.39 is 18.3 Å². The number of ether oxygens (including phenoxy) is 2. The zero-order chi connectivity index (χ0) is 21.8. The molecule has 0 spiro atoms. The van der Waals surface area contributed by atoms with Crippen molar-refractivity contribution in [3.63, 3.8) is 0 Å². The van der Waals surface area contributed by atoms with Crippen LogP contribution in [-0.2, 0) is 14.3 Å². The summed E-state index contributed by atoms with van der Waals surface area (Å²) in [6.07, 6.45) is 0.00303. The SMILES string of the molecule is C=CC(=O)OC(C)NC(=O)OC(CCSc1ccccc1)C(C)Sc1ccccc1. The second kappa shape index (κ2) is 13.0. The van der Waals surface area contributed by atoms with E-state index in [9.17, 15) is 9.59 Å². The molecule has 1 N–H and O–H groups in total. The van der Waals surface area contributed by atoms with Gasteiger partial charge in [-0.15, -0.1) is 23.5 Å². The van der Waals surface area contributed by atoms with E-state index >= 15 is 0 Å². The molecule has 3 atom stereocenters. The smallest absolute Gasteiger partial charge is 0.410 e. The number of hydrogen-bond donors (Lipinski definition) is 1.